The quantitative estimate of drug-likeness (QED) is 0.876. The fourth-order valence-electron chi connectivity index (χ4n) is 1.96. The molecule has 2 N–H and O–H groups in total. The molecule has 0 radical (unpaired) electrons. The minimum atomic E-state index is -3.70. The summed E-state index contributed by atoms with van der Waals surface area (Å²) in [6.07, 6.45) is -0.0861. The lowest BCUT2D eigenvalue weighted by molar-refractivity contribution is -0.117. The van der Waals surface area contributed by atoms with Crippen LogP contribution >= 0.6 is 15.9 Å². The molecule has 1 unspecified atom stereocenters. The predicted octanol–water partition coefficient (Wildman–Crippen LogP) is 0.851. The number of amides is 1. The number of benzene rings is 1. The Kier molecular flexibility index (Phi) is 3.84. The van der Waals surface area contributed by atoms with Crippen molar-refractivity contribution in [2.75, 3.05) is 18.6 Å². The predicted molar refractivity (Wildman–Crippen MR) is 74.6 cm³/mol. The van der Waals surface area contributed by atoms with Crippen molar-refractivity contribution >= 4 is 37.5 Å². The highest BCUT2D eigenvalue weighted by Crippen LogP contribution is 2.32. The number of sulfonamides is 1. The van der Waals surface area contributed by atoms with E-state index in [0.29, 0.717) is 11.4 Å². The fraction of sp³-hybridized carbons (Fsp3) is 0.364. The van der Waals surface area contributed by atoms with Crippen LogP contribution in [0.4, 0.5) is 5.69 Å². The largest absolute Gasteiger partial charge is 0.495 e. The van der Waals surface area contributed by atoms with E-state index in [0.717, 1.165) is 4.47 Å². The normalized spacial score (nSPS) is 19.8. The van der Waals surface area contributed by atoms with Gasteiger partial charge in [-0.25, -0.2) is 13.6 Å². The molecule has 0 saturated carbocycles. The number of hydrogen-bond acceptors (Lipinski definition) is 4. The standard InChI is InChI=1S/C11H13BrN2O4S/c1-18-10-4-7(2-3-9(10)12)14-6-8(5-11(14)15)19(13,16)17/h2-4,8H,5-6H2,1H3,(H2,13,16,17). The molecular weight excluding hydrogens is 336 g/mol. The lowest BCUT2D eigenvalue weighted by Gasteiger charge is -2.17. The molecule has 0 bridgehead atoms. The zero-order valence-corrected chi connectivity index (χ0v) is 12.6. The van der Waals surface area contributed by atoms with Gasteiger partial charge >= 0.3 is 0 Å². The third-order valence-electron chi connectivity index (χ3n) is 3.00. The Balaban J connectivity index is 2.31. The number of primary sulfonamides is 1. The van der Waals surface area contributed by atoms with Crippen molar-refractivity contribution in [1.29, 1.82) is 0 Å². The zero-order valence-electron chi connectivity index (χ0n) is 10.2. The maximum absolute atomic E-state index is 11.9. The van der Waals surface area contributed by atoms with E-state index in [1.165, 1.54) is 12.0 Å². The molecule has 1 amide bonds. The van der Waals surface area contributed by atoms with Crippen LogP contribution in [-0.2, 0) is 14.8 Å². The molecule has 1 atom stereocenters. The molecule has 1 aliphatic rings. The number of carbonyl (C=O) groups excluding carboxylic acids is 1. The van der Waals surface area contributed by atoms with Gasteiger partial charge in [0.1, 0.15) is 11.0 Å². The van der Waals surface area contributed by atoms with Crippen LogP contribution in [0.5, 0.6) is 5.75 Å². The van der Waals surface area contributed by atoms with Crippen LogP contribution in [0.15, 0.2) is 22.7 Å². The minimum absolute atomic E-state index is 0.0719. The highest BCUT2D eigenvalue weighted by atomic mass is 79.9. The Morgan fingerprint density at radius 1 is 1.47 bits per heavy atom. The lowest BCUT2D eigenvalue weighted by Crippen LogP contribution is -2.32. The van der Waals surface area contributed by atoms with E-state index in [-0.39, 0.29) is 18.9 Å². The average molecular weight is 349 g/mol. The van der Waals surface area contributed by atoms with Crippen LogP contribution in [0.25, 0.3) is 0 Å². The summed E-state index contributed by atoms with van der Waals surface area (Å²) in [5.74, 6) is 0.313. The van der Waals surface area contributed by atoms with Crippen molar-refractivity contribution in [1.82, 2.24) is 0 Å². The Morgan fingerprint density at radius 3 is 2.68 bits per heavy atom. The third kappa shape index (κ3) is 2.90. The molecule has 1 heterocycles. The number of hydrogen-bond donors (Lipinski definition) is 1. The number of nitrogens with two attached hydrogens (primary N) is 1. The molecular formula is C11H13BrN2O4S. The fourth-order valence-corrected chi connectivity index (χ4v) is 3.10. The molecule has 1 aromatic carbocycles. The second kappa shape index (κ2) is 5.10. The number of carbonyl (C=O) groups is 1. The van der Waals surface area contributed by atoms with Gasteiger partial charge in [0.15, 0.2) is 0 Å². The number of rotatable bonds is 3. The van der Waals surface area contributed by atoms with E-state index in [1.807, 2.05) is 0 Å². The van der Waals surface area contributed by atoms with Gasteiger partial charge in [-0.15, -0.1) is 0 Å². The minimum Gasteiger partial charge on any atom is -0.495 e. The summed E-state index contributed by atoms with van der Waals surface area (Å²) in [4.78, 5) is 13.3. The summed E-state index contributed by atoms with van der Waals surface area (Å²) in [5, 5.41) is 4.23. The van der Waals surface area contributed by atoms with Gasteiger partial charge in [0.25, 0.3) is 0 Å². The van der Waals surface area contributed by atoms with E-state index in [4.69, 9.17) is 9.88 Å². The first-order chi connectivity index (χ1) is 8.82. The molecule has 8 heteroatoms. The smallest absolute Gasteiger partial charge is 0.228 e. The Labute approximate surface area is 119 Å². The second-order valence-corrected chi connectivity index (χ2v) is 6.94. The van der Waals surface area contributed by atoms with Gasteiger partial charge in [-0.3, -0.25) is 4.79 Å². The maximum atomic E-state index is 11.9. The van der Waals surface area contributed by atoms with Gasteiger partial charge in [-0.05, 0) is 28.1 Å². The summed E-state index contributed by atoms with van der Waals surface area (Å²) < 4.78 is 28.5. The van der Waals surface area contributed by atoms with E-state index in [1.54, 1.807) is 18.2 Å². The van der Waals surface area contributed by atoms with Crippen LogP contribution in [0.3, 0.4) is 0 Å². The van der Waals surface area contributed by atoms with Crippen LogP contribution < -0.4 is 14.8 Å². The van der Waals surface area contributed by atoms with Crippen LogP contribution in [0.2, 0.25) is 0 Å². The third-order valence-corrected chi connectivity index (χ3v) is 4.90. The number of halogens is 1. The molecule has 2 rings (SSSR count). The van der Waals surface area contributed by atoms with Gasteiger partial charge in [0.2, 0.25) is 15.9 Å². The zero-order chi connectivity index (χ0) is 14.2. The van der Waals surface area contributed by atoms with Crippen molar-refractivity contribution < 1.29 is 17.9 Å². The highest BCUT2D eigenvalue weighted by molar-refractivity contribution is 9.10. The molecule has 0 spiro atoms. The summed E-state index contributed by atoms with van der Waals surface area (Å²) in [5.41, 5.74) is 0.594. The van der Waals surface area contributed by atoms with Gasteiger partial charge in [-0.1, -0.05) is 0 Å². The number of ether oxygens (including phenoxy) is 1. The first-order valence-corrected chi connectivity index (χ1v) is 7.88. The summed E-state index contributed by atoms with van der Waals surface area (Å²) in [7, 11) is -2.19. The van der Waals surface area contributed by atoms with Gasteiger partial charge in [0, 0.05) is 24.7 Å². The lowest BCUT2D eigenvalue weighted by atomic mass is 10.3. The summed E-state index contributed by atoms with van der Waals surface area (Å²) in [6.45, 7) is 0.0719. The van der Waals surface area contributed by atoms with Gasteiger partial charge in [0.05, 0.1) is 11.6 Å². The maximum Gasteiger partial charge on any atom is 0.228 e. The Bertz CT molecular complexity index is 617. The summed E-state index contributed by atoms with van der Waals surface area (Å²) >= 11 is 3.31. The molecule has 1 aromatic rings. The summed E-state index contributed by atoms with van der Waals surface area (Å²) in [6, 6.07) is 5.13. The Hall–Kier alpha value is -1.12. The van der Waals surface area contributed by atoms with Crippen LogP contribution in [0.1, 0.15) is 6.42 Å². The molecule has 6 nitrogen and oxygen atoms in total. The van der Waals surface area contributed by atoms with E-state index >= 15 is 0 Å². The highest BCUT2D eigenvalue weighted by Gasteiger charge is 2.37. The van der Waals surface area contributed by atoms with Gasteiger partial charge < -0.3 is 9.64 Å². The van der Waals surface area contributed by atoms with Crippen LogP contribution in [0, 0.1) is 0 Å². The van der Waals surface area contributed by atoms with Crippen molar-refractivity contribution in [3.8, 4) is 5.75 Å². The molecule has 0 aliphatic carbocycles. The number of nitrogens with zero attached hydrogens (tertiary/aromatic N) is 1. The van der Waals surface area contributed by atoms with E-state index < -0.39 is 15.3 Å². The van der Waals surface area contributed by atoms with Crippen molar-refractivity contribution in [2.24, 2.45) is 5.14 Å². The number of methoxy groups -OCH3 is 1. The topological polar surface area (TPSA) is 89.7 Å². The molecule has 19 heavy (non-hydrogen) atoms. The monoisotopic (exact) mass is 348 g/mol. The van der Waals surface area contributed by atoms with Gasteiger partial charge in [-0.2, -0.15) is 0 Å². The van der Waals surface area contributed by atoms with E-state index in [2.05, 4.69) is 15.9 Å². The molecule has 1 saturated heterocycles. The second-order valence-electron chi connectivity index (χ2n) is 4.24. The molecule has 0 aromatic heterocycles. The molecule has 1 aliphatic heterocycles. The first-order valence-electron chi connectivity index (χ1n) is 5.48. The van der Waals surface area contributed by atoms with Crippen molar-refractivity contribution in [2.45, 2.75) is 11.7 Å². The molecule has 104 valence electrons. The number of anilines is 1. The van der Waals surface area contributed by atoms with Crippen molar-refractivity contribution in [3.63, 3.8) is 0 Å². The first kappa shape index (κ1) is 14.3. The Morgan fingerprint density at radius 2 is 2.16 bits per heavy atom. The SMILES string of the molecule is COc1cc(N2CC(S(N)(=O)=O)CC2=O)ccc1Br. The van der Waals surface area contributed by atoms with Crippen LogP contribution in [-0.4, -0.2) is 33.2 Å². The van der Waals surface area contributed by atoms with Crippen molar-refractivity contribution in [3.05, 3.63) is 22.7 Å². The van der Waals surface area contributed by atoms with E-state index in [9.17, 15) is 13.2 Å². The molecule has 1 fully saturated rings. The average Bonchev–Trinajstić information content (AvgIpc) is 2.72.